The Hall–Kier alpha value is -15.8. The summed E-state index contributed by atoms with van der Waals surface area (Å²) in [5.41, 5.74) is 33.2. The van der Waals surface area contributed by atoms with Crippen LogP contribution in [0.15, 0.2) is 449 Å². The lowest BCUT2D eigenvalue weighted by Crippen LogP contribution is -1.98. The van der Waals surface area contributed by atoms with Gasteiger partial charge in [0.1, 0.15) is 11.6 Å². The number of aromatic nitrogens is 6. The van der Waals surface area contributed by atoms with Gasteiger partial charge in [-0.2, -0.15) is 0 Å². The van der Waals surface area contributed by atoms with E-state index < -0.39 is 0 Å². The molecule has 0 fully saturated rings. The molecule has 0 aliphatic heterocycles. The second-order valence-corrected chi connectivity index (χ2v) is 30.0. The van der Waals surface area contributed by atoms with Gasteiger partial charge in [-0.25, -0.2) is 19.9 Å². The third kappa shape index (κ3) is 13.3. The molecule has 0 atom stereocenters. The van der Waals surface area contributed by atoms with E-state index in [4.69, 9.17) is 19.9 Å². The van der Waals surface area contributed by atoms with Crippen molar-refractivity contribution in [3.8, 4) is 146 Å². The molecular formula is C112H74N6. The van der Waals surface area contributed by atoms with E-state index >= 15 is 0 Å². The van der Waals surface area contributed by atoms with Gasteiger partial charge >= 0.3 is 0 Å². The Morgan fingerprint density at radius 3 is 0.746 bits per heavy atom. The number of fused-ring (bicyclic) bond motifs is 8. The summed E-state index contributed by atoms with van der Waals surface area (Å²) in [5, 5.41) is 6.86. The van der Waals surface area contributed by atoms with Crippen molar-refractivity contribution >= 4 is 65.4 Å². The van der Waals surface area contributed by atoms with Gasteiger partial charge in [0.05, 0.1) is 44.5 Å². The van der Waals surface area contributed by atoms with Crippen molar-refractivity contribution in [2.75, 3.05) is 0 Å². The van der Waals surface area contributed by atoms with E-state index in [9.17, 15) is 0 Å². The van der Waals surface area contributed by atoms with Crippen molar-refractivity contribution < 1.29 is 0 Å². The molecule has 6 nitrogen and oxygen atoms in total. The zero-order valence-electron chi connectivity index (χ0n) is 64.4. The molecule has 0 saturated carbocycles. The van der Waals surface area contributed by atoms with Gasteiger partial charge in [-0.1, -0.05) is 376 Å². The molecule has 22 aromatic rings. The van der Waals surface area contributed by atoms with Gasteiger partial charge in [0.15, 0.2) is 0 Å². The average Bonchev–Trinajstić information content (AvgIpc) is 0.994. The number of hydrogen-bond acceptors (Lipinski definition) is 4. The zero-order chi connectivity index (χ0) is 78.2. The first-order chi connectivity index (χ1) is 58.5. The fourth-order valence-electron chi connectivity index (χ4n) is 16.9. The first kappa shape index (κ1) is 70.1. The molecular weight excluding hydrogens is 1430 g/mol. The Morgan fingerprint density at radius 1 is 0.153 bits per heavy atom. The molecule has 0 aliphatic carbocycles. The van der Waals surface area contributed by atoms with Gasteiger partial charge < -0.3 is 0 Å². The van der Waals surface area contributed by atoms with E-state index in [0.717, 1.165) is 134 Å². The van der Waals surface area contributed by atoms with Crippen molar-refractivity contribution in [3.05, 3.63) is 449 Å². The summed E-state index contributed by atoms with van der Waals surface area (Å²) in [7, 11) is 0. The molecule has 0 radical (unpaired) electrons. The van der Waals surface area contributed by atoms with Crippen LogP contribution in [0.5, 0.6) is 0 Å². The van der Waals surface area contributed by atoms with Gasteiger partial charge in [-0.15, -0.1) is 0 Å². The minimum Gasteiger partial charge on any atom is -0.292 e. The van der Waals surface area contributed by atoms with Gasteiger partial charge in [-0.05, 0) is 173 Å². The second-order valence-electron chi connectivity index (χ2n) is 30.0. The highest BCUT2D eigenvalue weighted by molar-refractivity contribution is 6.18. The number of nitrogens with zero attached hydrogens (tertiary/aromatic N) is 6. The van der Waals surface area contributed by atoms with Crippen molar-refractivity contribution in [1.82, 2.24) is 29.1 Å². The monoisotopic (exact) mass is 1500 g/mol. The van der Waals surface area contributed by atoms with E-state index in [0.29, 0.717) is 0 Å². The Morgan fingerprint density at radius 2 is 0.390 bits per heavy atom. The summed E-state index contributed by atoms with van der Waals surface area (Å²) in [6.07, 6.45) is 0. The molecule has 0 bridgehead atoms. The van der Waals surface area contributed by atoms with E-state index in [2.05, 4.69) is 434 Å². The summed E-state index contributed by atoms with van der Waals surface area (Å²) in [6.45, 7) is 0. The molecule has 0 spiro atoms. The summed E-state index contributed by atoms with van der Waals surface area (Å²) in [5.74, 6) is 1.83. The molecule has 22 rings (SSSR count). The van der Waals surface area contributed by atoms with Crippen LogP contribution in [0.1, 0.15) is 0 Å². The fourth-order valence-corrected chi connectivity index (χ4v) is 16.9. The first-order valence-corrected chi connectivity index (χ1v) is 40.1. The number of benzene rings is 18. The third-order valence-electron chi connectivity index (χ3n) is 22.9. The van der Waals surface area contributed by atoms with Crippen molar-refractivity contribution in [1.29, 1.82) is 0 Å². The molecule has 118 heavy (non-hydrogen) atoms. The number of rotatable bonds is 14. The van der Waals surface area contributed by atoms with Crippen LogP contribution in [0.4, 0.5) is 0 Å². The van der Waals surface area contributed by atoms with Gasteiger partial charge in [0, 0.05) is 55.2 Å². The largest absolute Gasteiger partial charge is 0.292 e. The molecule has 4 aromatic heterocycles. The summed E-state index contributed by atoms with van der Waals surface area (Å²) in [6, 6.07) is 160. The topological polar surface area (TPSA) is 61.4 Å². The van der Waals surface area contributed by atoms with Crippen molar-refractivity contribution in [2.24, 2.45) is 0 Å². The maximum Gasteiger partial charge on any atom is 0.145 e. The highest BCUT2D eigenvalue weighted by atomic mass is 15.1. The number of hydrogen-bond donors (Lipinski definition) is 0. The maximum atomic E-state index is 5.50. The average molecular weight is 1500 g/mol. The standard InChI is InChI=1S/2C56H37N3/c1-4-14-38(15-5-1)40-24-28-42(29-25-40)49-36-51-50(43-30-26-41(27-31-43)39-16-6-2-7-17-39)37-53(57-55(51)48-21-11-10-20-47(48)49)44-32-34-45(35-33-44)56-58-52-22-12-13-23-54(52)59(56)46-18-8-3-9-19-46;1-4-14-38(15-5-1)40-24-28-42(29-25-40)49-36-51-50(43-30-26-41(27-31-43)39-16-6-2-7-17-39)37-53(57-55(51)48-21-11-10-20-47(48)49)44-32-34-46(35-33-44)59-54-23-13-12-22-52(54)58-56(59)45-18-8-3-9-19-45/h2*1-37H. The zero-order valence-corrected chi connectivity index (χ0v) is 64.4. The minimum absolute atomic E-state index is 0.907. The Labute approximate surface area is 684 Å². The van der Waals surface area contributed by atoms with E-state index in [1.54, 1.807) is 0 Å². The van der Waals surface area contributed by atoms with Gasteiger partial charge in [0.25, 0.3) is 0 Å². The Bertz CT molecular complexity index is 7410. The van der Waals surface area contributed by atoms with Crippen LogP contribution >= 0.6 is 0 Å². The minimum atomic E-state index is 0.907. The first-order valence-electron chi connectivity index (χ1n) is 40.1. The van der Waals surface area contributed by atoms with Crippen LogP contribution in [0.3, 0.4) is 0 Å². The molecule has 0 N–H and O–H groups in total. The molecule has 0 aliphatic rings. The molecule has 6 heteroatoms. The highest BCUT2D eigenvalue weighted by Crippen LogP contribution is 2.45. The lowest BCUT2D eigenvalue weighted by atomic mass is 9.90. The van der Waals surface area contributed by atoms with Gasteiger partial charge in [-0.3, -0.25) is 9.13 Å². The summed E-state index contributed by atoms with van der Waals surface area (Å²) in [4.78, 5) is 21.2. The van der Waals surface area contributed by atoms with Crippen LogP contribution in [0.2, 0.25) is 0 Å². The Balaban J connectivity index is 0.000000147. The predicted molar refractivity (Wildman–Crippen MR) is 493 cm³/mol. The van der Waals surface area contributed by atoms with Gasteiger partial charge in [0.2, 0.25) is 0 Å². The summed E-state index contributed by atoms with van der Waals surface area (Å²) >= 11 is 0. The van der Waals surface area contributed by atoms with E-state index in [1.165, 1.54) is 77.5 Å². The number of imidazole rings is 2. The quantitative estimate of drug-likeness (QED) is 0.102. The highest BCUT2D eigenvalue weighted by Gasteiger charge is 2.22. The lowest BCUT2D eigenvalue weighted by molar-refractivity contribution is 1.10. The second kappa shape index (κ2) is 30.6. The molecule has 4 heterocycles. The number of pyridine rings is 2. The summed E-state index contributed by atoms with van der Waals surface area (Å²) < 4.78 is 4.50. The normalized spacial score (nSPS) is 11.4. The SMILES string of the molecule is c1ccc(-c2ccc(-c3cc4c(-c5ccc(-c6ccccc6)cc5)cc(-c5ccc(-c6nc7ccccc7n6-c6ccccc6)cc5)nc4c4ccccc34)cc2)cc1.c1ccc(-c2ccc(-c3cc4c(-c5ccc(-c6ccccc6)cc5)cc(-c5ccc(-n6c(-c7ccccc7)nc7ccccc76)cc5)nc4c4ccccc34)cc2)cc1. The van der Waals surface area contributed by atoms with Crippen LogP contribution in [-0.2, 0) is 0 Å². The van der Waals surface area contributed by atoms with Crippen LogP contribution < -0.4 is 0 Å². The molecule has 0 amide bonds. The molecule has 552 valence electrons. The van der Waals surface area contributed by atoms with Crippen LogP contribution in [-0.4, -0.2) is 29.1 Å². The molecule has 0 saturated heterocycles. The predicted octanol–water partition coefficient (Wildman–Crippen LogP) is 29.5. The third-order valence-corrected chi connectivity index (χ3v) is 22.9. The lowest BCUT2D eigenvalue weighted by Gasteiger charge is -2.17. The molecule has 18 aromatic carbocycles. The smallest absolute Gasteiger partial charge is 0.145 e. The fraction of sp³-hybridized carbons (Fsp3) is 0. The Kier molecular flexibility index (Phi) is 18.2. The maximum absolute atomic E-state index is 5.50. The van der Waals surface area contributed by atoms with E-state index in [-0.39, 0.29) is 0 Å². The van der Waals surface area contributed by atoms with Crippen LogP contribution in [0, 0.1) is 0 Å². The van der Waals surface area contributed by atoms with E-state index in [1.807, 2.05) is 24.3 Å². The van der Waals surface area contributed by atoms with Crippen molar-refractivity contribution in [3.63, 3.8) is 0 Å². The van der Waals surface area contributed by atoms with Crippen LogP contribution in [0.25, 0.3) is 211 Å². The van der Waals surface area contributed by atoms with Crippen molar-refractivity contribution in [2.45, 2.75) is 0 Å². The molecule has 0 unspecified atom stereocenters. The number of para-hydroxylation sites is 5.